The van der Waals surface area contributed by atoms with Gasteiger partial charge in [-0.1, -0.05) is 36.4 Å². The van der Waals surface area contributed by atoms with Crippen LogP contribution in [0.25, 0.3) is 0 Å². The van der Waals surface area contributed by atoms with Gasteiger partial charge in [0.25, 0.3) is 0 Å². The molecule has 2 aromatic rings. The molecule has 2 aromatic carbocycles. The van der Waals surface area contributed by atoms with Crippen LogP contribution >= 0.6 is 15.9 Å². The number of hydrogen-bond acceptors (Lipinski definition) is 2. The molecule has 0 aromatic heterocycles. The summed E-state index contributed by atoms with van der Waals surface area (Å²) in [4.78, 5) is 5.33. The topological polar surface area (TPSA) is 21.3 Å². The zero-order valence-electron chi connectivity index (χ0n) is 9.70. The van der Waals surface area contributed by atoms with E-state index >= 15 is 0 Å². The Labute approximate surface area is 114 Å². The summed E-state index contributed by atoms with van der Waals surface area (Å²) in [7, 11) is 0. The number of nitrogens with one attached hydrogen (secondary N) is 1. The van der Waals surface area contributed by atoms with Crippen molar-refractivity contribution >= 4 is 15.9 Å². The molecule has 2 rings (SSSR count). The van der Waals surface area contributed by atoms with Gasteiger partial charge in [0.1, 0.15) is 5.82 Å². The van der Waals surface area contributed by atoms with Gasteiger partial charge in [-0.25, -0.2) is 4.39 Å². The Hall–Kier alpha value is -1.23. The Bertz CT molecular complexity index is 504. The maximum Gasteiger partial charge on any atom is 0.137 e. The lowest BCUT2D eigenvalue weighted by Gasteiger charge is -2.06. The van der Waals surface area contributed by atoms with Crippen molar-refractivity contribution in [3.8, 4) is 0 Å². The zero-order chi connectivity index (χ0) is 12.8. The summed E-state index contributed by atoms with van der Waals surface area (Å²) >= 11 is 3.15. The Balaban J connectivity index is 1.77. The monoisotopic (exact) mass is 309 g/mol. The summed E-state index contributed by atoms with van der Waals surface area (Å²) in [6.07, 6.45) is 0. The van der Waals surface area contributed by atoms with Crippen LogP contribution in [0.1, 0.15) is 11.1 Å². The second kappa shape index (κ2) is 6.64. The molecule has 0 radical (unpaired) electrons. The maximum atomic E-state index is 13.0. The molecule has 0 spiro atoms. The van der Waals surface area contributed by atoms with Crippen LogP contribution < -0.4 is 5.48 Å². The smallest absolute Gasteiger partial charge is 0.137 e. The summed E-state index contributed by atoms with van der Waals surface area (Å²) < 4.78 is 13.5. The molecule has 0 saturated carbocycles. The molecular formula is C14H13BrFNO. The minimum atomic E-state index is -0.260. The van der Waals surface area contributed by atoms with Crippen LogP contribution in [0, 0.1) is 5.82 Å². The fourth-order valence-corrected chi connectivity index (χ4v) is 1.92. The zero-order valence-corrected chi connectivity index (χ0v) is 11.3. The van der Waals surface area contributed by atoms with Gasteiger partial charge in [-0.2, -0.15) is 5.48 Å². The van der Waals surface area contributed by atoms with E-state index in [1.165, 1.54) is 6.07 Å². The molecule has 1 N–H and O–H groups in total. The highest BCUT2D eigenvalue weighted by Gasteiger charge is 2.00. The first kappa shape index (κ1) is 13.2. The van der Waals surface area contributed by atoms with Crippen LogP contribution in [0.3, 0.4) is 0 Å². The van der Waals surface area contributed by atoms with Crippen LogP contribution in [0.2, 0.25) is 0 Å². The van der Waals surface area contributed by atoms with Crippen molar-refractivity contribution in [3.05, 3.63) is 69.9 Å². The van der Waals surface area contributed by atoms with Crippen molar-refractivity contribution in [1.82, 2.24) is 5.48 Å². The number of rotatable bonds is 5. The predicted octanol–water partition coefficient (Wildman–Crippen LogP) is 3.81. The minimum Gasteiger partial charge on any atom is -0.297 e. The third-order valence-corrected chi connectivity index (χ3v) is 3.05. The molecule has 0 amide bonds. The van der Waals surface area contributed by atoms with Crippen LogP contribution in [-0.2, 0) is 18.0 Å². The first-order valence-electron chi connectivity index (χ1n) is 5.58. The van der Waals surface area contributed by atoms with Crippen LogP contribution in [-0.4, -0.2) is 0 Å². The SMILES string of the molecule is Fc1ccc(CNOCc2ccccc2)cc1Br. The molecule has 0 unspecified atom stereocenters. The maximum absolute atomic E-state index is 13.0. The first-order valence-corrected chi connectivity index (χ1v) is 6.37. The molecule has 2 nitrogen and oxygen atoms in total. The third kappa shape index (κ3) is 3.91. The average Bonchev–Trinajstić information content (AvgIpc) is 2.40. The molecule has 0 aliphatic carbocycles. The number of hydroxylamine groups is 1. The van der Waals surface area contributed by atoms with E-state index in [0.29, 0.717) is 17.6 Å². The van der Waals surface area contributed by atoms with Crippen LogP contribution in [0.5, 0.6) is 0 Å². The molecule has 4 heteroatoms. The molecule has 0 saturated heterocycles. The summed E-state index contributed by atoms with van der Waals surface area (Å²) in [5.41, 5.74) is 4.91. The van der Waals surface area contributed by atoms with Gasteiger partial charge in [0, 0.05) is 6.54 Å². The van der Waals surface area contributed by atoms with E-state index in [2.05, 4.69) is 21.4 Å². The lowest BCUT2D eigenvalue weighted by Crippen LogP contribution is -2.13. The first-order chi connectivity index (χ1) is 8.75. The quantitative estimate of drug-likeness (QED) is 0.670. The number of halogens is 2. The molecule has 18 heavy (non-hydrogen) atoms. The fraction of sp³-hybridized carbons (Fsp3) is 0.143. The van der Waals surface area contributed by atoms with E-state index in [9.17, 15) is 4.39 Å². The van der Waals surface area contributed by atoms with E-state index in [1.807, 2.05) is 30.3 Å². The van der Waals surface area contributed by atoms with E-state index in [0.717, 1.165) is 11.1 Å². The molecule has 94 valence electrons. The molecule has 0 heterocycles. The second-order valence-corrected chi connectivity index (χ2v) is 4.70. The van der Waals surface area contributed by atoms with Crippen molar-refractivity contribution in [1.29, 1.82) is 0 Å². The lowest BCUT2D eigenvalue weighted by atomic mass is 10.2. The van der Waals surface area contributed by atoms with E-state index in [4.69, 9.17) is 4.84 Å². The second-order valence-electron chi connectivity index (χ2n) is 3.84. The van der Waals surface area contributed by atoms with E-state index < -0.39 is 0 Å². The lowest BCUT2D eigenvalue weighted by molar-refractivity contribution is 0.0235. The summed E-state index contributed by atoms with van der Waals surface area (Å²) in [5, 5.41) is 0. The number of benzene rings is 2. The Kier molecular flexibility index (Phi) is 4.87. The summed E-state index contributed by atoms with van der Waals surface area (Å²) in [6.45, 7) is 1.04. The van der Waals surface area contributed by atoms with Gasteiger partial charge in [-0.15, -0.1) is 0 Å². The number of hydrogen-bond donors (Lipinski definition) is 1. The standard InChI is InChI=1S/C14H13BrFNO/c15-13-8-12(6-7-14(13)16)9-17-18-10-11-4-2-1-3-5-11/h1-8,17H,9-10H2. The Morgan fingerprint density at radius 3 is 2.56 bits per heavy atom. The van der Waals surface area contributed by atoms with Crippen molar-refractivity contribution in [2.24, 2.45) is 0 Å². The van der Waals surface area contributed by atoms with Crippen LogP contribution in [0.4, 0.5) is 4.39 Å². The molecule has 0 aliphatic rings. The molecular weight excluding hydrogens is 297 g/mol. The van der Waals surface area contributed by atoms with Crippen molar-refractivity contribution in [3.63, 3.8) is 0 Å². The highest BCUT2D eigenvalue weighted by atomic mass is 79.9. The van der Waals surface area contributed by atoms with Gasteiger partial charge in [-0.05, 0) is 39.2 Å². The average molecular weight is 310 g/mol. The molecule has 0 fully saturated rings. The van der Waals surface area contributed by atoms with Gasteiger partial charge < -0.3 is 0 Å². The largest absolute Gasteiger partial charge is 0.297 e. The van der Waals surface area contributed by atoms with E-state index in [-0.39, 0.29) is 5.82 Å². The highest BCUT2D eigenvalue weighted by Crippen LogP contribution is 2.16. The van der Waals surface area contributed by atoms with Gasteiger partial charge >= 0.3 is 0 Å². The highest BCUT2D eigenvalue weighted by molar-refractivity contribution is 9.10. The van der Waals surface area contributed by atoms with Crippen molar-refractivity contribution in [2.75, 3.05) is 0 Å². The van der Waals surface area contributed by atoms with Gasteiger partial charge in [-0.3, -0.25) is 4.84 Å². The third-order valence-electron chi connectivity index (χ3n) is 2.44. The summed E-state index contributed by atoms with van der Waals surface area (Å²) in [5.74, 6) is -0.260. The predicted molar refractivity (Wildman–Crippen MR) is 72.2 cm³/mol. The van der Waals surface area contributed by atoms with Crippen molar-refractivity contribution in [2.45, 2.75) is 13.2 Å². The normalized spacial score (nSPS) is 10.6. The molecule has 0 bridgehead atoms. The Morgan fingerprint density at radius 2 is 1.83 bits per heavy atom. The molecule has 0 atom stereocenters. The Morgan fingerprint density at radius 1 is 1.06 bits per heavy atom. The van der Waals surface area contributed by atoms with Gasteiger partial charge in [0.05, 0.1) is 11.1 Å². The van der Waals surface area contributed by atoms with Gasteiger partial charge in [0.15, 0.2) is 0 Å². The van der Waals surface area contributed by atoms with Crippen LogP contribution in [0.15, 0.2) is 53.0 Å². The minimum absolute atomic E-state index is 0.260. The molecule has 0 aliphatic heterocycles. The van der Waals surface area contributed by atoms with E-state index in [1.54, 1.807) is 12.1 Å². The van der Waals surface area contributed by atoms with Gasteiger partial charge in [0.2, 0.25) is 0 Å². The fourth-order valence-electron chi connectivity index (χ4n) is 1.49. The van der Waals surface area contributed by atoms with Crippen molar-refractivity contribution < 1.29 is 9.23 Å². The summed E-state index contributed by atoms with van der Waals surface area (Å²) in [6, 6.07) is 14.8.